The van der Waals surface area contributed by atoms with Crippen LogP contribution in [-0.2, 0) is 4.79 Å². The topological polar surface area (TPSA) is 57.5 Å². The molecule has 100 valence electrons. The molecule has 0 aliphatic heterocycles. The predicted molar refractivity (Wildman–Crippen MR) is 67.8 cm³/mol. The molecule has 0 spiro atoms. The van der Waals surface area contributed by atoms with Crippen LogP contribution in [0, 0.1) is 17.3 Å². The highest BCUT2D eigenvalue weighted by atomic mass is 16.4. The molecule has 0 heterocycles. The van der Waals surface area contributed by atoms with Crippen molar-refractivity contribution in [2.24, 2.45) is 17.3 Å². The number of hydrogen-bond donors (Lipinski definition) is 2. The summed E-state index contributed by atoms with van der Waals surface area (Å²) in [5, 5.41) is 19.4. The van der Waals surface area contributed by atoms with Gasteiger partial charge in [-0.3, -0.25) is 4.79 Å². The fourth-order valence-electron chi connectivity index (χ4n) is 3.33. The molecular formula is C14H26O3. The molecule has 3 atom stereocenters. The van der Waals surface area contributed by atoms with Crippen molar-refractivity contribution in [1.82, 2.24) is 0 Å². The average Bonchev–Trinajstić information content (AvgIpc) is 2.14. The van der Waals surface area contributed by atoms with E-state index in [-0.39, 0.29) is 17.3 Å². The zero-order chi connectivity index (χ0) is 13.3. The van der Waals surface area contributed by atoms with Crippen LogP contribution in [0.5, 0.6) is 0 Å². The third-order valence-electron chi connectivity index (χ3n) is 4.51. The molecule has 1 fully saturated rings. The van der Waals surface area contributed by atoms with Crippen LogP contribution in [0.2, 0.25) is 0 Å². The highest BCUT2D eigenvalue weighted by molar-refractivity contribution is 5.69. The van der Waals surface area contributed by atoms with E-state index < -0.39 is 11.6 Å². The lowest BCUT2D eigenvalue weighted by Gasteiger charge is -2.48. The van der Waals surface area contributed by atoms with Crippen molar-refractivity contribution in [3.8, 4) is 0 Å². The number of aliphatic carboxylic acids is 1. The molecule has 0 aromatic carbocycles. The van der Waals surface area contributed by atoms with Gasteiger partial charge < -0.3 is 10.2 Å². The number of aliphatic hydroxyl groups is 1. The minimum absolute atomic E-state index is 0.111. The van der Waals surface area contributed by atoms with Crippen molar-refractivity contribution in [2.75, 3.05) is 0 Å². The summed E-state index contributed by atoms with van der Waals surface area (Å²) in [5.41, 5.74) is -0.528. The zero-order valence-corrected chi connectivity index (χ0v) is 11.5. The van der Waals surface area contributed by atoms with E-state index in [2.05, 4.69) is 13.8 Å². The third-order valence-corrected chi connectivity index (χ3v) is 4.51. The first-order valence-electron chi connectivity index (χ1n) is 6.62. The Bertz CT molecular complexity index is 265. The van der Waals surface area contributed by atoms with Gasteiger partial charge in [-0.25, -0.2) is 0 Å². The molecule has 0 aromatic heterocycles. The molecule has 1 rings (SSSR count). The minimum atomic E-state index is -0.738. The van der Waals surface area contributed by atoms with E-state index in [1.807, 2.05) is 6.92 Å². The Balaban J connectivity index is 2.67. The third kappa shape index (κ3) is 3.44. The lowest BCUT2D eigenvalue weighted by Crippen LogP contribution is -2.47. The van der Waals surface area contributed by atoms with E-state index in [0.717, 1.165) is 25.7 Å². The molecule has 17 heavy (non-hydrogen) atoms. The maximum absolute atomic E-state index is 10.8. The van der Waals surface area contributed by atoms with Crippen LogP contribution in [0.4, 0.5) is 0 Å². The number of carbonyl (C=O) groups is 1. The van der Waals surface area contributed by atoms with Crippen LogP contribution in [0.1, 0.15) is 59.8 Å². The van der Waals surface area contributed by atoms with Crippen LogP contribution in [0.15, 0.2) is 0 Å². The molecule has 0 bridgehead atoms. The first-order chi connectivity index (χ1) is 7.67. The molecule has 0 amide bonds. The van der Waals surface area contributed by atoms with Gasteiger partial charge in [-0.2, -0.15) is 0 Å². The quantitative estimate of drug-likeness (QED) is 0.796. The van der Waals surface area contributed by atoms with Gasteiger partial charge in [0.05, 0.1) is 11.5 Å². The summed E-state index contributed by atoms with van der Waals surface area (Å²) in [5.74, 6) is -0.854. The Morgan fingerprint density at radius 2 is 1.94 bits per heavy atom. The number of carboxylic acid groups (broad SMARTS) is 1. The Hall–Kier alpha value is -0.570. The molecule has 0 radical (unpaired) electrons. The summed E-state index contributed by atoms with van der Waals surface area (Å²) in [6, 6.07) is 0. The van der Waals surface area contributed by atoms with Gasteiger partial charge in [0.15, 0.2) is 0 Å². The molecule has 0 unspecified atom stereocenters. The van der Waals surface area contributed by atoms with Crippen LogP contribution < -0.4 is 0 Å². The summed E-state index contributed by atoms with van der Waals surface area (Å²) >= 11 is 0. The van der Waals surface area contributed by atoms with E-state index in [1.165, 1.54) is 0 Å². The molecule has 1 saturated carbocycles. The molecule has 0 aromatic rings. The van der Waals surface area contributed by atoms with Crippen LogP contribution in [0.3, 0.4) is 0 Å². The smallest absolute Gasteiger partial charge is 0.306 e. The standard InChI is InChI=1S/C14H26O3/c1-10(12(15)16)6-7-11-13(2,3)8-5-9-14(11,4)17/h10-11,17H,5-9H2,1-4H3,(H,15,16)/t10-,11+,14+/m1/s1. The Kier molecular flexibility index (Phi) is 4.23. The summed E-state index contributed by atoms with van der Waals surface area (Å²) in [6.07, 6.45) is 4.47. The fraction of sp³-hybridized carbons (Fsp3) is 0.929. The van der Waals surface area contributed by atoms with E-state index in [9.17, 15) is 9.90 Å². The highest BCUT2D eigenvalue weighted by Crippen LogP contribution is 2.48. The number of carboxylic acids is 1. The van der Waals surface area contributed by atoms with E-state index in [4.69, 9.17) is 5.11 Å². The Morgan fingerprint density at radius 1 is 1.35 bits per heavy atom. The van der Waals surface area contributed by atoms with Crippen LogP contribution >= 0.6 is 0 Å². The van der Waals surface area contributed by atoms with E-state index in [1.54, 1.807) is 6.92 Å². The van der Waals surface area contributed by atoms with Gasteiger partial charge in [-0.15, -0.1) is 0 Å². The second-order valence-corrected chi connectivity index (χ2v) is 6.57. The van der Waals surface area contributed by atoms with Gasteiger partial charge >= 0.3 is 5.97 Å². The lowest BCUT2D eigenvalue weighted by molar-refractivity contribution is -0.142. The van der Waals surface area contributed by atoms with Gasteiger partial charge in [0, 0.05) is 0 Å². The summed E-state index contributed by atoms with van der Waals surface area (Å²) in [7, 11) is 0. The lowest BCUT2D eigenvalue weighted by atomic mass is 9.60. The SMILES string of the molecule is C[C@H](CC[C@H]1C(C)(C)CCC[C@]1(C)O)C(=O)O. The fourth-order valence-corrected chi connectivity index (χ4v) is 3.33. The van der Waals surface area contributed by atoms with Gasteiger partial charge in [0.2, 0.25) is 0 Å². The normalized spacial score (nSPS) is 34.3. The van der Waals surface area contributed by atoms with Crippen LogP contribution in [-0.4, -0.2) is 21.8 Å². The Morgan fingerprint density at radius 3 is 2.41 bits per heavy atom. The van der Waals surface area contributed by atoms with Crippen molar-refractivity contribution in [2.45, 2.75) is 65.4 Å². The van der Waals surface area contributed by atoms with Gasteiger partial charge in [0.25, 0.3) is 0 Å². The molecule has 3 nitrogen and oxygen atoms in total. The van der Waals surface area contributed by atoms with Crippen molar-refractivity contribution in [3.63, 3.8) is 0 Å². The monoisotopic (exact) mass is 242 g/mol. The average molecular weight is 242 g/mol. The minimum Gasteiger partial charge on any atom is -0.481 e. The first kappa shape index (κ1) is 14.5. The van der Waals surface area contributed by atoms with Crippen molar-refractivity contribution in [3.05, 3.63) is 0 Å². The Labute approximate surface area is 104 Å². The first-order valence-corrected chi connectivity index (χ1v) is 6.62. The molecule has 0 saturated heterocycles. The summed E-state index contributed by atoms with van der Waals surface area (Å²) in [4.78, 5) is 10.8. The van der Waals surface area contributed by atoms with E-state index >= 15 is 0 Å². The molecule has 2 N–H and O–H groups in total. The zero-order valence-electron chi connectivity index (χ0n) is 11.5. The van der Waals surface area contributed by atoms with Crippen LogP contribution in [0.25, 0.3) is 0 Å². The molecular weight excluding hydrogens is 216 g/mol. The second kappa shape index (κ2) is 4.97. The van der Waals surface area contributed by atoms with Gasteiger partial charge in [-0.1, -0.05) is 27.2 Å². The maximum Gasteiger partial charge on any atom is 0.306 e. The molecule has 1 aliphatic rings. The number of rotatable bonds is 4. The van der Waals surface area contributed by atoms with Crippen molar-refractivity contribution < 1.29 is 15.0 Å². The highest BCUT2D eigenvalue weighted by Gasteiger charge is 2.45. The van der Waals surface area contributed by atoms with Gasteiger partial charge in [0.1, 0.15) is 0 Å². The molecule has 1 aliphatic carbocycles. The van der Waals surface area contributed by atoms with E-state index in [0.29, 0.717) is 6.42 Å². The number of hydrogen-bond acceptors (Lipinski definition) is 2. The summed E-state index contributed by atoms with van der Waals surface area (Å²) < 4.78 is 0. The largest absolute Gasteiger partial charge is 0.481 e. The molecule has 3 heteroatoms. The van der Waals surface area contributed by atoms with Gasteiger partial charge in [-0.05, 0) is 43.9 Å². The van der Waals surface area contributed by atoms with Crippen molar-refractivity contribution >= 4 is 5.97 Å². The predicted octanol–water partition coefficient (Wildman–Crippen LogP) is 3.06. The van der Waals surface area contributed by atoms with Crippen molar-refractivity contribution in [1.29, 1.82) is 0 Å². The summed E-state index contributed by atoms with van der Waals surface area (Å²) in [6.45, 7) is 8.03. The maximum atomic E-state index is 10.8. The second-order valence-electron chi connectivity index (χ2n) is 6.57.